The lowest BCUT2D eigenvalue weighted by Crippen LogP contribution is -2.28. The fourth-order valence-electron chi connectivity index (χ4n) is 3.00. The Morgan fingerprint density at radius 2 is 0.774 bits per heavy atom. The van der Waals surface area contributed by atoms with Crippen molar-refractivity contribution in [2.24, 2.45) is 0 Å². The van der Waals surface area contributed by atoms with E-state index in [0.29, 0.717) is 13.2 Å². The predicted molar refractivity (Wildman–Crippen MR) is 117 cm³/mol. The maximum atomic E-state index is 11.9. The summed E-state index contributed by atoms with van der Waals surface area (Å²) < 4.78 is 20.4. The highest BCUT2D eigenvalue weighted by Gasteiger charge is 2.26. The summed E-state index contributed by atoms with van der Waals surface area (Å²) in [5.41, 5.74) is 0. The van der Waals surface area contributed by atoms with E-state index >= 15 is 0 Å². The van der Waals surface area contributed by atoms with E-state index in [0.717, 1.165) is 77.0 Å². The Kier molecular flexibility index (Phi) is 15.9. The zero-order chi connectivity index (χ0) is 22.7. The minimum atomic E-state index is -1.09. The molecular weight excluding hydrogens is 472 g/mol. The molecule has 1 aliphatic rings. The van der Waals surface area contributed by atoms with Crippen molar-refractivity contribution in [2.75, 3.05) is 26.4 Å². The fourth-order valence-corrected chi connectivity index (χ4v) is 3.27. The van der Waals surface area contributed by atoms with Gasteiger partial charge in [-0.05, 0) is 25.7 Å². The number of esters is 4. The lowest BCUT2D eigenvalue weighted by Gasteiger charge is -2.10. The summed E-state index contributed by atoms with van der Waals surface area (Å²) in [6.07, 6.45) is 10.1. The standard InChI is InChI=1S/C22H35BrO8/c23-20-21(26)30-15-11-7-3-1-5-9-13-28-18(24)17-19(25)29-14-10-6-2-4-8-12-16-31-22(20)27/h20H,1-17H2. The lowest BCUT2D eigenvalue weighted by atomic mass is 10.1. The van der Waals surface area contributed by atoms with Crippen molar-refractivity contribution in [3.63, 3.8) is 0 Å². The van der Waals surface area contributed by atoms with E-state index in [1.165, 1.54) is 0 Å². The highest BCUT2D eigenvalue weighted by atomic mass is 79.9. The van der Waals surface area contributed by atoms with Gasteiger partial charge in [0.15, 0.2) is 0 Å². The van der Waals surface area contributed by atoms with Crippen molar-refractivity contribution >= 4 is 39.8 Å². The van der Waals surface area contributed by atoms with Crippen LogP contribution in [0.3, 0.4) is 0 Å². The summed E-state index contributed by atoms with van der Waals surface area (Å²) in [4.78, 5) is 45.9. The number of carbonyl (C=O) groups excluding carboxylic acids is 4. The molecule has 0 spiro atoms. The number of hydrogen-bond donors (Lipinski definition) is 0. The number of cyclic esters (lactones) is 4. The molecule has 178 valence electrons. The molecule has 1 heterocycles. The van der Waals surface area contributed by atoms with Crippen LogP contribution >= 0.6 is 15.9 Å². The first-order valence-electron chi connectivity index (χ1n) is 11.3. The average Bonchev–Trinajstić information content (AvgIpc) is 2.74. The van der Waals surface area contributed by atoms with Gasteiger partial charge in [0.05, 0.1) is 26.4 Å². The van der Waals surface area contributed by atoms with Crippen LogP contribution < -0.4 is 0 Å². The molecule has 0 aromatic carbocycles. The van der Waals surface area contributed by atoms with Crippen LogP contribution in [0.5, 0.6) is 0 Å². The van der Waals surface area contributed by atoms with Gasteiger partial charge < -0.3 is 18.9 Å². The van der Waals surface area contributed by atoms with Gasteiger partial charge in [0.25, 0.3) is 0 Å². The van der Waals surface area contributed by atoms with Crippen molar-refractivity contribution in [1.29, 1.82) is 0 Å². The SMILES string of the molecule is O=C1CC(=O)OCCCCCCCCOC(=O)C(Br)C(=O)OCCCCCCCCO1. The smallest absolute Gasteiger partial charge is 0.331 e. The number of alkyl halides is 1. The largest absolute Gasteiger partial charge is 0.465 e. The summed E-state index contributed by atoms with van der Waals surface area (Å²) in [6.45, 7) is 1.13. The first-order chi connectivity index (χ1) is 15.0. The molecule has 1 aliphatic heterocycles. The molecule has 0 aliphatic carbocycles. The molecule has 1 rings (SSSR count). The third-order valence-electron chi connectivity index (χ3n) is 4.79. The van der Waals surface area contributed by atoms with Crippen LogP contribution in [0.15, 0.2) is 0 Å². The van der Waals surface area contributed by atoms with Gasteiger partial charge in [-0.1, -0.05) is 67.3 Å². The molecule has 0 amide bonds. The number of ether oxygens (including phenoxy) is 4. The van der Waals surface area contributed by atoms with Gasteiger partial charge >= 0.3 is 23.9 Å². The van der Waals surface area contributed by atoms with Crippen molar-refractivity contribution in [2.45, 2.75) is 88.3 Å². The number of halogens is 1. The van der Waals surface area contributed by atoms with Gasteiger partial charge in [0, 0.05) is 0 Å². The maximum absolute atomic E-state index is 11.9. The number of hydrogen-bond acceptors (Lipinski definition) is 8. The van der Waals surface area contributed by atoms with Crippen LogP contribution in [0, 0.1) is 0 Å². The van der Waals surface area contributed by atoms with E-state index < -0.39 is 28.7 Å². The molecule has 1 fully saturated rings. The highest BCUT2D eigenvalue weighted by molar-refractivity contribution is 9.10. The predicted octanol–water partition coefficient (Wildman–Crippen LogP) is 4.01. The van der Waals surface area contributed by atoms with Crippen molar-refractivity contribution in [3.8, 4) is 0 Å². The zero-order valence-electron chi connectivity index (χ0n) is 18.2. The molecule has 31 heavy (non-hydrogen) atoms. The first kappa shape index (κ1) is 27.4. The summed E-state index contributed by atoms with van der Waals surface area (Å²) in [5, 5.41) is 0. The van der Waals surface area contributed by atoms with Crippen LogP contribution in [-0.4, -0.2) is 55.1 Å². The van der Waals surface area contributed by atoms with Gasteiger partial charge in [-0.3, -0.25) is 19.2 Å². The molecule has 0 saturated carbocycles. The van der Waals surface area contributed by atoms with E-state index in [-0.39, 0.29) is 19.6 Å². The second-order valence-electron chi connectivity index (χ2n) is 7.56. The van der Waals surface area contributed by atoms with Crippen molar-refractivity contribution < 1.29 is 38.1 Å². The van der Waals surface area contributed by atoms with Crippen LogP contribution in [0.25, 0.3) is 0 Å². The molecule has 0 aromatic rings. The first-order valence-corrected chi connectivity index (χ1v) is 12.2. The topological polar surface area (TPSA) is 105 Å². The monoisotopic (exact) mass is 506 g/mol. The van der Waals surface area contributed by atoms with Gasteiger partial charge in [0.2, 0.25) is 4.83 Å². The second kappa shape index (κ2) is 18.0. The van der Waals surface area contributed by atoms with Crippen LogP contribution in [-0.2, 0) is 38.1 Å². The Morgan fingerprint density at radius 1 is 0.484 bits per heavy atom. The molecule has 0 radical (unpaired) electrons. The quantitative estimate of drug-likeness (QED) is 0.210. The Labute approximate surface area is 192 Å². The van der Waals surface area contributed by atoms with Gasteiger partial charge in [0.1, 0.15) is 6.42 Å². The maximum Gasteiger partial charge on any atom is 0.331 e. The van der Waals surface area contributed by atoms with E-state index in [9.17, 15) is 19.2 Å². The third kappa shape index (κ3) is 14.9. The lowest BCUT2D eigenvalue weighted by molar-refractivity contribution is -0.156. The summed E-state index contributed by atoms with van der Waals surface area (Å²) >= 11 is 3.04. The minimum Gasteiger partial charge on any atom is -0.465 e. The molecule has 0 atom stereocenters. The Hall–Kier alpha value is -1.64. The van der Waals surface area contributed by atoms with E-state index in [4.69, 9.17) is 18.9 Å². The van der Waals surface area contributed by atoms with Crippen LogP contribution in [0.2, 0.25) is 0 Å². The zero-order valence-corrected chi connectivity index (χ0v) is 19.8. The molecule has 9 heteroatoms. The van der Waals surface area contributed by atoms with E-state index in [2.05, 4.69) is 15.9 Å². The Balaban J connectivity index is 2.34. The normalized spacial score (nSPS) is 22.0. The highest BCUT2D eigenvalue weighted by Crippen LogP contribution is 2.11. The van der Waals surface area contributed by atoms with Crippen molar-refractivity contribution in [1.82, 2.24) is 0 Å². The molecule has 1 saturated heterocycles. The molecule has 0 aromatic heterocycles. The van der Waals surface area contributed by atoms with E-state index in [1.807, 2.05) is 0 Å². The summed E-state index contributed by atoms with van der Waals surface area (Å²) in [5.74, 6) is -2.32. The number of carbonyl (C=O) groups is 4. The van der Waals surface area contributed by atoms with Crippen molar-refractivity contribution in [3.05, 3.63) is 0 Å². The van der Waals surface area contributed by atoms with Crippen LogP contribution in [0.4, 0.5) is 0 Å². The van der Waals surface area contributed by atoms with E-state index in [1.54, 1.807) is 0 Å². The number of rotatable bonds is 0. The molecule has 0 unspecified atom stereocenters. The Bertz CT molecular complexity index is 506. The average molecular weight is 507 g/mol. The van der Waals surface area contributed by atoms with Gasteiger partial charge in [-0.15, -0.1) is 0 Å². The third-order valence-corrected chi connectivity index (χ3v) is 5.54. The Morgan fingerprint density at radius 3 is 1.13 bits per heavy atom. The summed E-state index contributed by atoms with van der Waals surface area (Å²) in [7, 11) is 0. The molecule has 0 bridgehead atoms. The van der Waals surface area contributed by atoms with Gasteiger partial charge in [-0.2, -0.15) is 0 Å². The van der Waals surface area contributed by atoms with Crippen LogP contribution in [0.1, 0.15) is 83.5 Å². The van der Waals surface area contributed by atoms with Gasteiger partial charge in [-0.25, -0.2) is 0 Å². The molecule has 0 N–H and O–H groups in total. The minimum absolute atomic E-state index is 0.266. The summed E-state index contributed by atoms with van der Waals surface area (Å²) in [6, 6.07) is 0. The fraction of sp³-hybridized carbons (Fsp3) is 0.818. The second-order valence-corrected chi connectivity index (χ2v) is 8.47. The molecule has 8 nitrogen and oxygen atoms in total. The molecular formula is C22H35BrO8.